The number of carbonyl (C=O) groups is 1. The van der Waals surface area contributed by atoms with Crippen LogP contribution in [-0.2, 0) is 0 Å². The average Bonchev–Trinajstić information content (AvgIpc) is 2.96. The number of aromatic carboxylic acids is 1. The minimum Gasteiger partial charge on any atom is -0.478 e. The first-order valence-corrected chi connectivity index (χ1v) is 7.20. The van der Waals surface area contributed by atoms with Crippen molar-refractivity contribution >= 4 is 11.7 Å². The molecule has 1 saturated heterocycles. The largest absolute Gasteiger partial charge is 0.478 e. The van der Waals surface area contributed by atoms with Crippen LogP contribution >= 0.6 is 0 Å². The lowest BCUT2D eigenvalue weighted by molar-refractivity contribution is 0.0691. The van der Waals surface area contributed by atoms with Gasteiger partial charge in [-0.25, -0.2) is 9.18 Å². The SMILES string of the molecule is Cc1c(N2CC[C@@H](C3(C)CC3)C2)ccc(C(=O)O)c1F. The van der Waals surface area contributed by atoms with Crippen LogP contribution in [0, 0.1) is 24.1 Å². The Labute approximate surface area is 118 Å². The molecule has 0 aromatic heterocycles. The van der Waals surface area contributed by atoms with Gasteiger partial charge in [0, 0.05) is 24.3 Å². The highest BCUT2D eigenvalue weighted by molar-refractivity contribution is 5.89. The molecule has 0 spiro atoms. The molecule has 3 nitrogen and oxygen atoms in total. The normalized spacial score (nSPS) is 23.9. The van der Waals surface area contributed by atoms with E-state index in [1.165, 1.54) is 18.9 Å². The fourth-order valence-corrected chi connectivity index (χ4v) is 3.34. The quantitative estimate of drug-likeness (QED) is 0.919. The van der Waals surface area contributed by atoms with Crippen LogP contribution in [0.3, 0.4) is 0 Å². The van der Waals surface area contributed by atoms with E-state index in [4.69, 9.17) is 5.11 Å². The van der Waals surface area contributed by atoms with Crippen LogP contribution in [0.15, 0.2) is 12.1 Å². The molecule has 0 amide bonds. The smallest absolute Gasteiger partial charge is 0.338 e. The summed E-state index contributed by atoms with van der Waals surface area (Å²) >= 11 is 0. The Kier molecular flexibility index (Phi) is 3.00. The maximum absolute atomic E-state index is 14.1. The molecule has 0 unspecified atom stereocenters. The molecule has 2 aliphatic rings. The average molecular weight is 277 g/mol. The summed E-state index contributed by atoms with van der Waals surface area (Å²) in [5, 5.41) is 8.95. The maximum Gasteiger partial charge on any atom is 0.338 e. The van der Waals surface area contributed by atoms with E-state index in [2.05, 4.69) is 11.8 Å². The summed E-state index contributed by atoms with van der Waals surface area (Å²) < 4.78 is 14.1. The molecule has 2 fully saturated rings. The van der Waals surface area contributed by atoms with Gasteiger partial charge in [-0.1, -0.05) is 6.92 Å². The summed E-state index contributed by atoms with van der Waals surface area (Å²) in [5.41, 5.74) is 1.55. The number of halogens is 1. The van der Waals surface area contributed by atoms with E-state index in [1.54, 1.807) is 13.0 Å². The van der Waals surface area contributed by atoms with Crippen LogP contribution in [0.25, 0.3) is 0 Å². The van der Waals surface area contributed by atoms with Crippen LogP contribution in [0.2, 0.25) is 0 Å². The van der Waals surface area contributed by atoms with Gasteiger partial charge in [0.2, 0.25) is 0 Å². The van der Waals surface area contributed by atoms with Gasteiger partial charge in [-0.15, -0.1) is 0 Å². The molecule has 1 aromatic rings. The van der Waals surface area contributed by atoms with Crippen LogP contribution in [0.5, 0.6) is 0 Å². The van der Waals surface area contributed by atoms with Gasteiger partial charge in [-0.2, -0.15) is 0 Å². The molecule has 1 aliphatic heterocycles. The molecule has 1 saturated carbocycles. The summed E-state index contributed by atoms with van der Waals surface area (Å²) in [4.78, 5) is 13.2. The lowest BCUT2D eigenvalue weighted by Crippen LogP contribution is -2.23. The first-order chi connectivity index (χ1) is 9.42. The fraction of sp³-hybridized carbons (Fsp3) is 0.562. The molecule has 1 atom stereocenters. The number of hydrogen-bond donors (Lipinski definition) is 1. The number of anilines is 1. The molecule has 3 rings (SSSR count). The molecular formula is C16H20FNO2. The summed E-state index contributed by atoms with van der Waals surface area (Å²) in [6.07, 6.45) is 3.76. The van der Waals surface area contributed by atoms with Crippen molar-refractivity contribution in [2.45, 2.75) is 33.1 Å². The molecule has 0 bridgehead atoms. The first-order valence-electron chi connectivity index (χ1n) is 7.20. The zero-order valence-corrected chi connectivity index (χ0v) is 11.9. The van der Waals surface area contributed by atoms with Crippen molar-refractivity contribution in [3.05, 3.63) is 29.1 Å². The first kappa shape index (κ1) is 13.4. The standard InChI is InChI=1S/C16H20FNO2/c1-10-13(4-3-12(14(10)17)15(19)20)18-8-5-11(9-18)16(2)6-7-16/h3-4,11H,5-9H2,1-2H3,(H,19,20)/t11-/m1/s1. The molecule has 1 aliphatic carbocycles. The number of benzene rings is 1. The van der Waals surface area contributed by atoms with Crippen LogP contribution in [0.4, 0.5) is 10.1 Å². The Balaban J connectivity index is 1.85. The van der Waals surface area contributed by atoms with Gasteiger partial charge in [-0.3, -0.25) is 0 Å². The number of rotatable bonds is 3. The number of carboxylic acids is 1. The second kappa shape index (κ2) is 4.47. The van der Waals surface area contributed by atoms with Crippen molar-refractivity contribution in [1.82, 2.24) is 0 Å². The zero-order valence-electron chi connectivity index (χ0n) is 11.9. The minimum absolute atomic E-state index is 0.240. The topological polar surface area (TPSA) is 40.5 Å². The number of nitrogens with zero attached hydrogens (tertiary/aromatic N) is 1. The maximum atomic E-state index is 14.1. The third-order valence-electron chi connectivity index (χ3n) is 5.14. The summed E-state index contributed by atoms with van der Waals surface area (Å²) in [7, 11) is 0. The van der Waals surface area contributed by atoms with E-state index in [0.717, 1.165) is 25.2 Å². The predicted octanol–water partition coefficient (Wildman–Crippen LogP) is 3.46. The van der Waals surface area contributed by atoms with E-state index in [0.29, 0.717) is 16.9 Å². The third-order valence-corrected chi connectivity index (χ3v) is 5.14. The van der Waals surface area contributed by atoms with Gasteiger partial charge in [0.05, 0.1) is 5.56 Å². The highest BCUT2D eigenvalue weighted by Crippen LogP contribution is 2.54. The Bertz CT molecular complexity index is 566. The van der Waals surface area contributed by atoms with Crippen LogP contribution in [-0.4, -0.2) is 24.2 Å². The highest BCUT2D eigenvalue weighted by atomic mass is 19.1. The van der Waals surface area contributed by atoms with E-state index in [1.807, 2.05) is 0 Å². The van der Waals surface area contributed by atoms with E-state index in [9.17, 15) is 9.18 Å². The Morgan fingerprint density at radius 3 is 2.75 bits per heavy atom. The van der Waals surface area contributed by atoms with Gasteiger partial charge in [0.25, 0.3) is 0 Å². The molecule has 4 heteroatoms. The zero-order chi connectivity index (χ0) is 14.5. The van der Waals surface area contributed by atoms with Crippen LogP contribution < -0.4 is 4.90 Å². The minimum atomic E-state index is -1.21. The van der Waals surface area contributed by atoms with Crippen molar-refractivity contribution in [3.63, 3.8) is 0 Å². The summed E-state index contributed by atoms with van der Waals surface area (Å²) in [6, 6.07) is 3.13. The number of carboxylic acid groups (broad SMARTS) is 1. The highest BCUT2D eigenvalue weighted by Gasteiger charge is 2.47. The molecular weight excluding hydrogens is 257 g/mol. The second-order valence-corrected chi connectivity index (χ2v) is 6.46. The predicted molar refractivity (Wildman–Crippen MR) is 75.8 cm³/mol. The third kappa shape index (κ3) is 2.07. The van der Waals surface area contributed by atoms with Crippen molar-refractivity contribution in [3.8, 4) is 0 Å². The van der Waals surface area contributed by atoms with Gasteiger partial charge < -0.3 is 10.0 Å². The van der Waals surface area contributed by atoms with Gasteiger partial charge >= 0.3 is 5.97 Å². The lowest BCUT2D eigenvalue weighted by Gasteiger charge is -2.23. The Morgan fingerprint density at radius 2 is 2.15 bits per heavy atom. The summed E-state index contributed by atoms with van der Waals surface area (Å²) in [6.45, 7) is 5.90. The van der Waals surface area contributed by atoms with Crippen molar-refractivity contribution in [1.29, 1.82) is 0 Å². The molecule has 1 heterocycles. The Hall–Kier alpha value is -1.58. The second-order valence-electron chi connectivity index (χ2n) is 6.46. The number of hydrogen-bond acceptors (Lipinski definition) is 2. The van der Waals surface area contributed by atoms with E-state index >= 15 is 0 Å². The van der Waals surface area contributed by atoms with Crippen molar-refractivity contribution < 1.29 is 14.3 Å². The van der Waals surface area contributed by atoms with Gasteiger partial charge in [0.1, 0.15) is 5.82 Å². The Morgan fingerprint density at radius 1 is 1.45 bits per heavy atom. The molecule has 20 heavy (non-hydrogen) atoms. The van der Waals surface area contributed by atoms with E-state index < -0.39 is 11.8 Å². The molecule has 0 radical (unpaired) electrons. The molecule has 1 N–H and O–H groups in total. The van der Waals surface area contributed by atoms with Gasteiger partial charge in [0.15, 0.2) is 0 Å². The monoisotopic (exact) mass is 277 g/mol. The molecule has 108 valence electrons. The molecule has 1 aromatic carbocycles. The van der Waals surface area contributed by atoms with Gasteiger partial charge in [-0.05, 0) is 49.7 Å². The lowest BCUT2D eigenvalue weighted by atomic mass is 9.90. The van der Waals surface area contributed by atoms with E-state index in [-0.39, 0.29) is 5.56 Å². The van der Waals surface area contributed by atoms with Crippen LogP contribution in [0.1, 0.15) is 42.1 Å². The fourth-order valence-electron chi connectivity index (χ4n) is 3.34. The summed E-state index contributed by atoms with van der Waals surface area (Å²) in [5.74, 6) is -1.12. The van der Waals surface area contributed by atoms with Crippen molar-refractivity contribution in [2.75, 3.05) is 18.0 Å². The van der Waals surface area contributed by atoms with Crippen molar-refractivity contribution in [2.24, 2.45) is 11.3 Å².